The molecule has 0 saturated carbocycles. The van der Waals surface area contributed by atoms with Crippen LogP contribution >= 0.6 is 15.9 Å². The fourth-order valence-electron chi connectivity index (χ4n) is 2.56. The maximum atomic E-state index is 13.0. The van der Waals surface area contributed by atoms with Crippen molar-refractivity contribution in [1.82, 2.24) is 14.9 Å². The molecule has 6 nitrogen and oxygen atoms in total. The van der Waals surface area contributed by atoms with Gasteiger partial charge in [-0.1, -0.05) is 0 Å². The van der Waals surface area contributed by atoms with Gasteiger partial charge in [-0.05, 0) is 58.4 Å². The van der Waals surface area contributed by atoms with Crippen LogP contribution in [0.15, 0.2) is 64.1 Å². The molecule has 1 N–H and O–H groups in total. The number of benzene rings is 2. The van der Waals surface area contributed by atoms with Crippen LogP contribution in [0.1, 0.15) is 10.4 Å². The average molecular weight is 446 g/mol. The second-order valence-electron chi connectivity index (χ2n) is 5.91. The van der Waals surface area contributed by atoms with E-state index < -0.39 is 0 Å². The van der Waals surface area contributed by atoms with E-state index in [-0.39, 0.29) is 30.4 Å². The molecule has 0 unspecified atom stereocenters. The van der Waals surface area contributed by atoms with Crippen LogP contribution in [0.4, 0.5) is 4.39 Å². The van der Waals surface area contributed by atoms with Crippen molar-refractivity contribution in [2.45, 2.75) is 6.54 Å². The van der Waals surface area contributed by atoms with Crippen LogP contribution in [0.25, 0.3) is 11.3 Å². The Morgan fingerprint density at radius 2 is 1.96 bits per heavy atom. The molecule has 0 aliphatic rings. The van der Waals surface area contributed by atoms with Gasteiger partial charge in [0.15, 0.2) is 0 Å². The Morgan fingerprint density at radius 3 is 2.64 bits per heavy atom. The minimum atomic E-state index is -0.351. The van der Waals surface area contributed by atoms with Gasteiger partial charge in [-0.15, -0.1) is 0 Å². The minimum Gasteiger partial charge on any atom is -0.497 e. The van der Waals surface area contributed by atoms with Gasteiger partial charge < -0.3 is 10.1 Å². The minimum absolute atomic E-state index is 0.250. The Labute approximate surface area is 169 Å². The third-order valence-electron chi connectivity index (χ3n) is 4.08. The van der Waals surface area contributed by atoms with Crippen LogP contribution in [-0.2, 0) is 6.54 Å². The van der Waals surface area contributed by atoms with Gasteiger partial charge in [0.25, 0.3) is 11.5 Å². The highest BCUT2D eigenvalue weighted by Crippen LogP contribution is 2.22. The number of nitrogens with zero attached hydrogens (tertiary/aromatic N) is 2. The summed E-state index contributed by atoms with van der Waals surface area (Å²) in [4.78, 5) is 28.9. The fourth-order valence-corrected chi connectivity index (χ4v) is 2.99. The summed E-state index contributed by atoms with van der Waals surface area (Å²) >= 11 is 3.34. The molecule has 0 aliphatic heterocycles. The summed E-state index contributed by atoms with van der Waals surface area (Å²) in [7, 11) is 1.53. The molecule has 2 aromatic carbocycles. The third kappa shape index (κ3) is 4.64. The number of hydrogen-bond acceptors (Lipinski definition) is 4. The highest BCUT2D eigenvalue weighted by atomic mass is 79.9. The van der Waals surface area contributed by atoms with Crippen molar-refractivity contribution >= 4 is 21.8 Å². The van der Waals surface area contributed by atoms with Crippen LogP contribution in [-0.4, -0.2) is 29.1 Å². The number of aromatic nitrogens is 2. The Hall–Kier alpha value is -3.00. The topological polar surface area (TPSA) is 73.2 Å². The Bertz CT molecular complexity index is 1050. The van der Waals surface area contributed by atoms with E-state index in [9.17, 15) is 14.0 Å². The molecular formula is C20H17BrFN3O3. The molecule has 3 aromatic rings. The van der Waals surface area contributed by atoms with E-state index in [2.05, 4.69) is 26.2 Å². The lowest BCUT2D eigenvalue weighted by molar-refractivity contribution is 0.0951. The molecule has 1 heterocycles. The van der Waals surface area contributed by atoms with Crippen molar-refractivity contribution in [2.75, 3.05) is 13.7 Å². The van der Waals surface area contributed by atoms with E-state index in [1.54, 1.807) is 30.3 Å². The second-order valence-corrected chi connectivity index (χ2v) is 6.77. The maximum Gasteiger partial charge on any atom is 0.253 e. The molecule has 1 amide bonds. The van der Waals surface area contributed by atoms with Gasteiger partial charge in [0.05, 0.1) is 24.7 Å². The Kier molecular flexibility index (Phi) is 6.20. The lowest BCUT2D eigenvalue weighted by atomic mass is 10.1. The van der Waals surface area contributed by atoms with E-state index in [1.807, 2.05) is 0 Å². The number of amides is 1. The fraction of sp³-hybridized carbons (Fsp3) is 0.150. The molecule has 144 valence electrons. The zero-order chi connectivity index (χ0) is 20.1. The zero-order valence-electron chi connectivity index (χ0n) is 15.0. The number of ether oxygens (including phenoxy) is 1. The van der Waals surface area contributed by atoms with Gasteiger partial charge in [0.1, 0.15) is 11.6 Å². The average Bonchev–Trinajstić information content (AvgIpc) is 2.70. The Morgan fingerprint density at radius 1 is 1.21 bits per heavy atom. The number of carbonyl (C=O) groups is 1. The lowest BCUT2D eigenvalue weighted by Gasteiger charge is -2.10. The van der Waals surface area contributed by atoms with Crippen molar-refractivity contribution in [1.29, 1.82) is 0 Å². The zero-order valence-corrected chi connectivity index (χ0v) is 16.6. The van der Waals surface area contributed by atoms with Gasteiger partial charge in [0.2, 0.25) is 0 Å². The highest BCUT2D eigenvalue weighted by molar-refractivity contribution is 9.10. The normalized spacial score (nSPS) is 10.5. The summed E-state index contributed by atoms with van der Waals surface area (Å²) in [6.07, 6.45) is 1.41. The van der Waals surface area contributed by atoms with Crippen molar-refractivity contribution < 1.29 is 13.9 Å². The summed E-state index contributed by atoms with van der Waals surface area (Å²) in [5.74, 6) is -0.0598. The van der Waals surface area contributed by atoms with E-state index in [4.69, 9.17) is 4.74 Å². The molecule has 0 saturated heterocycles. The molecule has 0 fully saturated rings. The van der Waals surface area contributed by atoms with E-state index in [1.165, 1.54) is 36.2 Å². The maximum absolute atomic E-state index is 13.0. The first-order valence-electron chi connectivity index (χ1n) is 8.42. The summed E-state index contributed by atoms with van der Waals surface area (Å²) in [5.41, 5.74) is 1.30. The summed E-state index contributed by atoms with van der Waals surface area (Å²) in [6.45, 7) is 0.517. The number of halogens is 2. The number of rotatable bonds is 6. The van der Waals surface area contributed by atoms with Crippen molar-refractivity contribution in [3.63, 3.8) is 0 Å². The van der Waals surface area contributed by atoms with E-state index >= 15 is 0 Å². The molecule has 0 bridgehead atoms. The van der Waals surface area contributed by atoms with Crippen LogP contribution in [0.5, 0.6) is 5.75 Å². The predicted molar refractivity (Wildman–Crippen MR) is 107 cm³/mol. The smallest absolute Gasteiger partial charge is 0.253 e. The van der Waals surface area contributed by atoms with Crippen LogP contribution in [0.3, 0.4) is 0 Å². The Balaban J connectivity index is 1.64. The van der Waals surface area contributed by atoms with Gasteiger partial charge in [-0.3, -0.25) is 14.2 Å². The first-order valence-corrected chi connectivity index (χ1v) is 9.21. The largest absolute Gasteiger partial charge is 0.497 e. The molecular weight excluding hydrogens is 429 g/mol. The van der Waals surface area contributed by atoms with Gasteiger partial charge in [-0.25, -0.2) is 9.37 Å². The van der Waals surface area contributed by atoms with Gasteiger partial charge >= 0.3 is 0 Å². The monoisotopic (exact) mass is 445 g/mol. The predicted octanol–water partition coefficient (Wildman–Crippen LogP) is 3.25. The first-order chi connectivity index (χ1) is 13.5. The summed E-state index contributed by atoms with van der Waals surface area (Å²) in [6, 6.07) is 12.2. The molecule has 1 aromatic heterocycles. The van der Waals surface area contributed by atoms with Gasteiger partial charge in [-0.2, -0.15) is 0 Å². The number of carbonyl (C=O) groups excluding carboxylic acids is 1. The number of methoxy groups -OCH3 is 1. The summed E-state index contributed by atoms with van der Waals surface area (Å²) < 4.78 is 20.2. The number of nitrogens with one attached hydrogen (secondary N) is 1. The van der Waals surface area contributed by atoms with Crippen LogP contribution < -0.4 is 15.6 Å². The summed E-state index contributed by atoms with van der Waals surface area (Å²) in [5, 5.41) is 2.77. The molecule has 8 heteroatoms. The van der Waals surface area contributed by atoms with E-state index in [0.29, 0.717) is 27.0 Å². The van der Waals surface area contributed by atoms with Crippen molar-refractivity contribution in [2.24, 2.45) is 0 Å². The number of hydrogen-bond donors (Lipinski definition) is 1. The second kappa shape index (κ2) is 8.79. The first kappa shape index (κ1) is 19.8. The third-order valence-corrected chi connectivity index (χ3v) is 4.77. The molecule has 0 spiro atoms. The van der Waals surface area contributed by atoms with Crippen LogP contribution in [0, 0.1) is 5.82 Å². The molecule has 0 atom stereocenters. The molecule has 0 radical (unpaired) electrons. The highest BCUT2D eigenvalue weighted by Gasteiger charge is 2.11. The van der Waals surface area contributed by atoms with E-state index in [0.717, 1.165) is 0 Å². The molecule has 0 aliphatic carbocycles. The SMILES string of the molecule is COc1ccc(Br)c(C(=O)NCCn2cnc(-c3ccc(F)cc3)cc2=O)c1. The molecule has 3 rings (SSSR count). The van der Waals surface area contributed by atoms with Crippen molar-refractivity contribution in [3.8, 4) is 17.0 Å². The van der Waals surface area contributed by atoms with Crippen LogP contribution in [0.2, 0.25) is 0 Å². The van der Waals surface area contributed by atoms with Gasteiger partial charge in [0, 0.05) is 29.2 Å². The molecule has 28 heavy (non-hydrogen) atoms. The lowest BCUT2D eigenvalue weighted by Crippen LogP contribution is -2.31. The quantitative estimate of drug-likeness (QED) is 0.631. The standard InChI is InChI=1S/C20H17BrFN3O3/c1-28-15-6-7-17(21)16(10-15)20(27)23-8-9-25-12-24-18(11-19(25)26)13-2-4-14(22)5-3-13/h2-7,10-12H,8-9H2,1H3,(H,23,27). The van der Waals surface area contributed by atoms with Crippen molar-refractivity contribution in [3.05, 3.63) is 81.1 Å².